The Labute approximate surface area is 334 Å². The Kier molecular flexibility index (Phi) is 11.5. The van der Waals surface area contributed by atoms with E-state index < -0.39 is 18.0 Å². The van der Waals surface area contributed by atoms with E-state index in [4.69, 9.17) is 15.0 Å². The number of imidazole rings is 2. The summed E-state index contributed by atoms with van der Waals surface area (Å²) >= 11 is 0. The van der Waals surface area contributed by atoms with Gasteiger partial charge in [0, 0.05) is 49.9 Å². The van der Waals surface area contributed by atoms with Crippen molar-refractivity contribution in [2.24, 2.45) is 5.92 Å². The number of hydrogen-bond acceptors (Lipinski definition) is 9. The molecule has 0 radical (unpaired) electrons. The van der Waals surface area contributed by atoms with Gasteiger partial charge in [-0.3, -0.25) is 29.1 Å². The van der Waals surface area contributed by atoms with Crippen molar-refractivity contribution in [2.75, 3.05) is 33.2 Å². The highest BCUT2D eigenvalue weighted by atomic mass is 16.4. The van der Waals surface area contributed by atoms with E-state index in [0.29, 0.717) is 35.9 Å². The van der Waals surface area contributed by atoms with Crippen LogP contribution in [-0.2, 0) is 19.2 Å². The molecule has 17 heteroatoms. The second kappa shape index (κ2) is 16.8. The molecule has 5 aromatic rings. The number of amides is 5. The van der Waals surface area contributed by atoms with E-state index in [2.05, 4.69) is 25.6 Å². The number of carboxylic acid groups (broad SMARTS) is 1. The Bertz CT molecular complexity index is 2340. The first kappa shape index (κ1) is 39.6. The normalized spacial score (nSPS) is 17.1. The van der Waals surface area contributed by atoms with Gasteiger partial charge in [0.1, 0.15) is 17.7 Å². The van der Waals surface area contributed by atoms with Gasteiger partial charge in [-0.1, -0.05) is 44.2 Å². The highest BCUT2D eigenvalue weighted by Gasteiger charge is 2.39. The van der Waals surface area contributed by atoms with E-state index in [-0.39, 0.29) is 48.8 Å². The molecule has 7 rings (SSSR count). The molecule has 2 aromatic carbocycles. The van der Waals surface area contributed by atoms with Crippen molar-refractivity contribution in [1.82, 2.24) is 55.2 Å². The van der Waals surface area contributed by atoms with Crippen molar-refractivity contribution in [3.05, 3.63) is 72.7 Å². The fourth-order valence-corrected chi connectivity index (χ4v) is 7.83. The minimum atomic E-state index is -1.13. The number of carbonyl (C=O) groups is 5. The summed E-state index contributed by atoms with van der Waals surface area (Å²) in [5, 5.41) is 14.6. The maximum Gasteiger partial charge on any atom is 0.407 e. The Balaban J connectivity index is 0.999. The molecule has 5 heterocycles. The third-order valence-corrected chi connectivity index (χ3v) is 10.8. The largest absolute Gasteiger partial charge is 0.465 e. The summed E-state index contributed by atoms with van der Waals surface area (Å²) in [5.41, 5.74) is 6.30. The van der Waals surface area contributed by atoms with Crippen LogP contribution in [0.25, 0.3) is 44.8 Å². The first-order valence-electron chi connectivity index (χ1n) is 19.4. The summed E-state index contributed by atoms with van der Waals surface area (Å²) < 4.78 is 0. The molecule has 0 aliphatic carbocycles. The number of benzene rings is 2. The molecule has 2 fully saturated rings. The van der Waals surface area contributed by atoms with Gasteiger partial charge >= 0.3 is 6.09 Å². The standard InChI is InChI=1S/C41H47N11O6/c1-23(2)37(50(4)41(57)58)40(56)52-16-6-8-34(52)39-45-19-31(48-39)26-11-9-25(10-12-26)30-18-43-29-17-27(13-14-28(29)47-30)32-20-46-38(49-32)33-7-5-15-51(33)36(55)22-44-35(54)21-42-24(3)53/h9-14,17-20,23,33-34,37H,5-8,15-16,21-22H2,1-4H3,(H,42,53)(H,44,54)(H,45,48)(H,46,49)(H,57,58)/t33-,34-,37-/m0/s1. The van der Waals surface area contributed by atoms with Gasteiger partial charge in [-0.25, -0.2) is 19.7 Å². The molecule has 2 saturated heterocycles. The van der Waals surface area contributed by atoms with Crippen LogP contribution in [0.4, 0.5) is 4.79 Å². The van der Waals surface area contributed by atoms with Gasteiger partial charge in [0.05, 0.1) is 65.7 Å². The van der Waals surface area contributed by atoms with Crippen molar-refractivity contribution in [3.8, 4) is 33.8 Å². The van der Waals surface area contributed by atoms with Crippen LogP contribution in [0.15, 0.2) is 61.1 Å². The third-order valence-electron chi connectivity index (χ3n) is 10.8. The smallest absolute Gasteiger partial charge is 0.407 e. The molecule has 302 valence electrons. The molecular formula is C41H47N11O6. The number of carbonyl (C=O) groups excluding carboxylic acids is 4. The second-order valence-corrected chi connectivity index (χ2v) is 15.1. The number of rotatable bonds is 12. The molecule has 0 bridgehead atoms. The molecule has 5 amide bonds. The van der Waals surface area contributed by atoms with Crippen LogP contribution in [0.1, 0.15) is 70.2 Å². The summed E-state index contributed by atoms with van der Waals surface area (Å²) in [7, 11) is 1.44. The molecular weight excluding hydrogens is 743 g/mol. The fourth-order valence-electron chi connectivity index (χ4n) is 7.83. The Hall–Kier alpha value is -6.65. The minimum Gasteiger partial charge on any atom is -0.465 e. The van der Waals surface area contributed by atoms with Crippen molar-refractivity contribution in [1.29, 1.82) is 0 Å². The lowest BCUT2D eigenvalue weighted by Crippen LogP contribution is -2.51. The van der Waals surface area contributed by atoms with Gasteiger partial charge in [-0.05, 0) is 43.7 Å². The highest BCUT2D eigenvalue weighted by molar-refractivity contribution is 5.88. The van der Waals surface area contributed by atoms with Crippen LogP contribution in [0.2, 0.25) is 0 Å². The molecule has 0 spiro atoms. The lowest BCUT2D eigenvalue weighted by molar-refractivity contribution is -0.138. The van der Waals surface area contributed by atoms with Crippen molar-refractivity contribution >= 4 is 40.8 Å². The topological polar surface area (TPSA) is 222 Å². The Morgan fingerprint density at radius 1 is 0.828 bits per heavy atom. The van der Waals surface area contributed by atoms with Gasteiger partial charge in [-0.15, -0.1) is 0 Å². The third kappa shape index (κ3) is 8.38. The lowest BCUT2D eigenvalue weighted by atomic mass is 10.0. The molecule has 2 aliphatic rings. The summed E-state index contributed by atoms with van der Waals surface area (Å²) in [6.45, 7) is 5.78. The second-order valence-electron chi connectivity index (χ2n) is 15.1. The summed E-state index contributed by atoms with van der Waals surface area (Å²) in [6, 6.07) is 12.4. The van der Waals surface area contributed by atoms with Crippen LogP contribution in [-0.4, -0.2) is 119 Å². The van der Waals surface area contributed by atoms with Gasteiger partial charge in [0.15, 0.2) is 0 Å². The number of hydrogen-bond donors (Lipinski definition) is 5. The van der Waals surface area contributed by atoms with Crippen LogP contribution >= 0.6 is 0 Å². The zero-order chi connectivity index (χ0) is 41.1. The van der Waals surface area contributed by atoms with Crippen LogP contribution in [0, 0.1) is 5.92 Å². The van der Waals surface area contributed by atoms with E-state index in [1.165, 1.54) is 14.0 Å². The van der Waals surface area contributed by atoms with E-state index in [9.17, 15) is 29.1 Å². The van der Waals surface area contributed by atoms with Crippen LogP contribution < -0.4 is 10.6 Å². The van der Waals surface area contributed by atoms with Crippen LogP contribution in [0.5, 0.6) is 0 Å². The quantitative estimate of drug-likeness (QED) is 0.121. The number of nitrogens with zero attached hydrogens (tertiary/aromatic N) is 7. The van der Waals surface area contributed by atoms with Crippen molar-refractivity contribution in [3.63, 3.8) is 0 Å². The maximum atomic E-state index is 13.6. The first-order valence-corrected chi connectivity index (χ1v) is 19.4. The number of aromatic amines is 2. The zero-order valence-electron chi connectivity index (χ0n) is 32.9. The van der Waals surface area contributed by atoms with Crippen LogP contribution in [0.3, 0.4) is 0 Å². The summed E-state index contributed by atoms with van der Waals surface area (Å²) in [6.07, 6.45) is 7.26. The molecule has 58 heavy (non-hydrogen) atoms. The molecule has 3 atom stereocenters. The molecule has 2 aliphatic heterocycles. The average Bonchev–Trinajstić information content (AvgIpc) is 4.05. The predicted octanol–water partition coefficient (Wildman–Crippen LogP) is 4.29. The number of likely N-dealkylation sites (tertiary alicyclic amines) is 2. The van der Waals surface area contributed by atoms with E-state index in [1.807, 2.05) is 62.5 Å². The average molecular weight is 790 g/mol. The molecule has 17 nitrogen and oxygen atoms in total. The van der Waals surface area contributed by atoms with Crippen molar-refractivity contribution < 1.29 is 29.1 Å². The monoisotopic (exact) mass is 789 g/mol. The first-order chi connectivity index (χ1) is 27.9. The van der Waals surface area contributed by atoms with E-state index in [1.54, 1.807) is 22.2 Å². The lowest BCUT2D eigenvalue weighted by Gasteiger charge is -2.33. The van der Waals surface area contributed by atoms with Crippen molar-refractivity contribution in [2.45, 2.75) is 64.6 Å². The SMILES string of the molecule is CC(=O)NCC(=O)NCC(=O)N1CCC[C@H]1c1ncc(-c2ccc3nc(-c4ccc(-c5c[nH]c([C@@H]6CCCN6C(=O)[C@H](C(C)C)N(C)C(=O)O)n5)cc4)cnc3c2)[nH]1. The van der Waals surface area contributed by atoms with E-state index in [0.717, 1.165) is 64.2 Å². The fraction of sp³-hybridized carbons (Fsp3) is 0.390. The number of fused-ring (bicyclic) bond motifs is 1. The summed E-state index contributed by atoms with van der Waals surface area (Å²) in [5.74, 6) is -0.0285. The predicted molar refractivity (Wildman–Crippen MR) is 214 cm³/mol. The number of aromatic nitrogens is 6. The Morgan fingerprint density at radius 3 is 2.19 bits per heavy atom. The number of H-pyrrole nitrogens is 2. The molecule has 3 aromatic heterocycles. The summed E-state index contributed by atoms with van der Waals surface area (Å²) in [4.78, 5) is 91.6. The van der Waals surface area contributed by atoms with E-state index >= 15 is 0 Å². The maximum absolute atomic E-state index is 13.6. The molecule has 0 unspecified atom stereocenters. The Morgan fingerprint density at radius 2 is 1.50 bits per heavy atom. The number of nitrogens with one attached hydrogen (secondary N) is 4. The number of likely N-dealkylation sites (N-methyl/N-ethyl adjacent to an activating group) is 1. The van der Waals surface area contributed by atoms with Gasteiger partial charge in [0.2, 0.25) is 23.6 Å². The van der Waals surface area contributed by atoms with Gasteiger partial charge < -0.3 is 35.5 Å². The molecule has 5 N–H and O–H groups in total. The van der Waals surface area contributed by atoms with Gasteiger partial charge in [-0.2, -0.15) is 0 Å². The van der Waals surface area contributed by atoms with Gasteiger partial charge in [0.25, 0.3) is 0 Å². The highest BCUT2D eigenvalue weighted by Crippen LogP contribution is 2.35. The molecule has 0 saturated carbocycles. The zero-order valence-corrected chi connectivity index (χ0v) is 32.9. The minimum absolute atomic E-state index is 0.163.